The highest BCUT2D eigenvalue weighted by Gasteiger charge is 2.44. The maximum absolute atomic E-state index is 14.9. The Balaban J connectivity index is 1.26. The van der Waals surface area contributed by atoms with E-state index in [0.29, 0.717) is 19.5 Å². The number of nitrogens with one attached hydrogen (secondary N) is 4. The van der Waals surface area contributed by atoms with Gasteiger partial charge in [0.1, 0.15) is 12.4 Å². The molecule has 4 saturated heterocycles. The molecule has 9 N–H and O–H groups in total. The van der Waals surface area contributed by atoms with Gasteiger partial charge in [-0.05, 0) is 69.9 Å². The summed E-state index contributed by atoms with van der Waals surface area (Å²) in [7, 11) is 0. The van der Waals surface area contributed by atoms with Gasteiger partial charge in [0, 0.05) is 63.8 Å². The molecule has 254 valence electrons. The maximum atomic E-state index is 14.9. The number of hydrogen-bond donors (Lipinski definition) is 7. The molecule has 1 aliphatic carbocycles. The SMILES string of the molecule is NC(N)C(C(=O)NC1CNCC(Cl)C1N1CCC(C(O)N2CCNCC2)CC1)C1CC2(CCCCCC2)CCCC(F)CN1. The molecule has 4 heterocycles. The number of nitrogens with zero attached hydrogens (tertiary/aromatic N) is 2. The van der Waals surface area contributed by atoms with Crippen molar-refractivity contribution in [2.45, 2.75) is 119 Å². The van der Waals surface area contributed by atoms with E-state index >= 15 is 0 Å². The van der Waals surface area contributed by atoms with Gasteiger partial charge in [0.25, 0.3) is 0 Å². The predicted octanol–water partition coefficient (Wildman–Crippen LogP) is 1.06. The summed E-state index contributed by atoms with van der Waals surface area (Å²) in [6, 6.07) is -0.522. The third-order valence-corrected chi connectivity index (χ3v) is 12.0. The number of hydrogen-bond acceptors (Lipinski definition) is 9. The van der Waals surface area contributed by atoms with E-state index in [1.165, 1.54) is 25.7 Å². The second-order valence-electron chi connectivity index (χ2n) is 14.6. The molecule has 1 amide bonds. The summed E-state index contributed by atoms with van der Waals surface area (Å²) in [5, 5.41) is 24.5. The summed E-state index contributed by atoms with van der Waals surface area (Å²) >= 11 is 6.97. The minimum atomic E-state index is -0.937. The zero-order valence-corrected chi connectivity index (χ0v) is 27.5. The molecule has 1 spiro atoms. The van der Waals surface area contributed by atoms with Crippen molar-refractivity contribution in [2.24, 2.45) is 28.7 Å². The van der Waals surface area contributed by atoms with E-state index in [1.54, 1.807) is 0 Å². The van der Waals surface area contributed by atoms with Crippen molar-refractivity contribution in [3.05, 3.63) is 0 Å². The maximum Gasteiger partial charge on any atom is 0.227 e. The van der Waals surface area contributed by atoms with Gasteiger partial charge in [0.2, 0.25) is 5.91 Å². The molecule has 1 saturated carbocycles. The average molecular weight is 643 g/mol. The van der Waals surface area contributed by atoms with E-state index in [2.05, 4.69) is 31.1 Å². The van der Waals surface area contributed by atoms with E-state index in [4.69, 9.17) is 23.1 Å². The Morgan fingerprint density at radius 3 is 2.30 bits per heavy atom. The van der Waals surface area contributed by atoms with Crippen LogP contribution in [0.3, 0.4) is 0 Å². The van der Waals surface area contributed by atoms with Crippen LogP contribution in [-0.2, 0) is 4.79 Å². The summed E-state index contributed by atoms with van der Waals surface area (Å²) in [6.45, 7) is 6.76. The van der Waals surface area contributed by atoms with Gasteiger partial charge >= 0.3 is 0 Å². The second-order valence-corrected chi connectivity index (χ2v) is 15.1. The van der Waals surface area contributed by atoms with Crippen molar-refractivity contribution in [1.29, 1.82) is 0 Å². The third-order valence-electron chi connectivity index (χ3n) is 11.6. The van der Waals surface area contributed by atoms with Crippen LogP contribution in [0, 0.1) is 17.3 Å². The first-order chi connectivity index (χ1) is 21.3. The molecular formula is C32H60ClFN8O2. The van der Waals surface area contributed by atoms with E-state index in [0.717, 1.165) is 84.2 Å². The summed E-state index contributed by atoms with van der Waals surface area (Å²) < 4.78 is 14.9. The minimum absolute atomic E-state index is 0.0364. The highest BCUT2D eigenvalue weighted by Crippen LogP contribution is 2.45. The molecule has 5 fully saturated rings. The number of nitrogens with two attached hydrogens (primary N) is 2. The van der Waals surface area contributed by atoms with Crippen molar-refractivity contribution < 1.29 is 14.3 Å². The number of piperazine rings is 1. The number of aliphatic hydroxyl groups is 1. The zero-order valence-electron chi connectivity index (χ0n) is 26.7. The largest absolute Gasteiger partial charge is 0.378 e. The van der Waals surface area contributed by atoms with E-state index in [9.17, 15) is 14.3 Å². The Bertz CT molecular complexity index is 882. The average Bonchev–Trinajstić information content (AvgIpc) is 3.21. The van der Waals surface area contributed by atoms with Crippen LogP contribution >= 0.6 is 11.6 Å². The Kier molecular flexibility index (Phi) is 13.0. The van der Waals surface area contributed by atoms with Gasteiger partial charge < -0.3 is 37.8 Å². The van der Waals surface area contributed by atoms with Gasteiger partial charge in [0.05, 0.1) is 23.5 Å². The number of carbonyl (C=O) groups excluding carboxylic acids is 1. The van der Waals surface area contributed by atoms with Crippen molar-refractivity contribution in [3.8, 4) is 0 Å². The number of piperidine rings is 2. The van der Waals surface area contributed by atoms with Crippen molar-refractivity contribution >= 4 is 17.5 Å². The van der Waals surface area contributed by atoms with Gasteiger partial charge in [-0.2, -0.15) is 0 Å². The summed E-state index contributed by atoms with van der Waals surface area (Å²) in [4.78, 5) is 18.8. The molecule has 7 unspecified atom stereocenters. The molecule has 0 aromatic carbocycles. The van der Waals surface area contributed by atoms with Crippen LogP contribution in [0.2, 0.25) is 0 Å². The zero-order chi connectivity index (χ0) is 31.1. The number of amides is 1. The lowest BCUT2D eigenvalue weighted by atomic mass is 9.70. The monoisotopic (exact) mass is 642 g/mol. The van der Waals surface area contributed by atoms with Crippen LogP contribution in [0.15, 0.2) is 0 Å². The Morgan fingerprint density at radius 1 is 0.932 bits per heavy atom. The first kappa shape index (κ1) is 34.7. The molecule has 0 bridgehead atoms. The Hall–Kier alpha value is -0.630. The second kappa shape index (κ2) is 16.5. The fourth-order valence-electron chi connectivity index (χ4n) is 9.06. The number of halogens is 2. The van der Waals surface area contributed by atoms with Crippen LogP contribution in [0.4, 0.5) is 4.39 Å². The molecule has 5 rings (SSSR count). The summed E-state index contributed by atoms with van der Waals surface area (Å²) in [5.41, 5.74) is 12.9. The van der Waals surface area contributed by atoms with E-state index < -0.39 is 24.5 Å². The highest BCUT2D eigenvalue weighted by molar-refractivity contribution is 6.21. The summed E-state index contributed by atoms with van der Waals surface area (Å²) in [6.07, 6.45) is 9.93. The molecule has 4 aliphatic heterocycles. The lowest BCUT2D eigenvalue weighted by molar-refractivity contribution is -0.128. The smallest absolute Gasteiger partial charge is 0.227 e. The van der Waals surface area contributed by atoms with Gasteiger partial charge in [-0.25, -0.2) is 4.39 Å². The number of alkyl halides is 2. The number of aliphatic hydroxyl groups excluding tert-OH is 1. The van der Waals surface area contributed by atoms with Crippen molar-refractivity contribution in [3.63, 3.8) is 0 Å². The van der Waals surface area contributed by atoms with Gasteiger partial charge in [-0.3, -0.25) is 14.6 Å². The third kappa shape index (κ3) is 8.83. The molecule has 7 atom stereocenters. The standard InChI is InChI=1S/C32H60ClFN8O2/c33-24-20-38-21-26(28(24)41-14-7-22(8-15-41)31(44)42-16-12-37-13-17-42)40-30(43)27(29(35)36)25-18-32(9-3-1-2-4-10-32)11-5-6-23(34)19-39-25/h22-29,31,37-39,44H,1-21,35-36H2,(H,40,43). The minimum Gasteiger partial charge on any atom is -0.378 e. The van der Waals surface area contributed by atoms with Crippen LogP contribution in [0.25, 0.3) is 0 Å². The molecular weight excluding hydrogens is 583 g/mol. The first-order valence-corrected chi connectivity index (χ1v) is 18.1. The predicted molar refractivity (Wildman–Crippen MR) is 174 cm³/mol. The van der Waals surface area contributed by atoms with Gasteiger partial charge in [-0.15, -0.1) is 11.6 Å². The van der Waals surface area contributed by atoms with E-state index in [1.807, 2.05) is 0 Å². The summed E-state index contributed by atoms with van der Waals surface area (Å²) in [5.74, 6) is -0.600. The topological polar surface area (TPSA) is 144 Å². The van der Waals surface area contributed by atoms with Gasteiger partial charge in [0.15, 0.2) is 0 Å². The first-order valence-electron chi connectivity index (χ1n) is 17.7. The molecule has 0 radical (unpaired) electrons. The molecule has 5 aliphatic rings. The molecule has 10 nitrogen and oxygen atoms in total. The number of rotatable bonds is 7. The highest BCUT2D eigenvalue weighted by atomic mass is 35.5. The van der Waals surface area contributed by atoms with Crippen LogP contribution in [-0.4, -0.2) is 122 Å². The van der Waals surface area contributed by atoms with Crippen molar-refractivity contribution in [2.75, 3.05) is 58.9 Å². The molecule has 44 heavy (non-hydrogen) atoms. The van der Waals surface area contributed by atoms with Crippen LogP contribution in [0.1, 0.15) is 77.0 Å². The van der Waals surface area contributed by atoms with Crippen LogP contribution < -0.4 is 32.7 Å². The molecule has 12 heteroatoms. The molecule has 0 aromatic rings. The molecule has 0 aromatic heterocycles. The quantitative estimate of drug-likeness (QED) is 0.160. The van der Waals surface area contributed by atoms with Crippen LogP contribution in [0.5, 0.6) is 0 Å². The van der Waals surface area contributed by atoms with Crippen molar-refractivity contribution in [1.82, 2.24) is 31.1 Å². The fourth-order valence-corrected chi connectivity index (χ4v) is 9.51. The lowest BCUT2D eigenvalue weighted by Crippen LogP contribution is -2.67. The van der Waals surface area contributed by atoms with E-state index in [-0.39, 0.29) is 47.3 Å². The Morgan fingerprint density at radius 2 is 1.61 bits per heavy atom. The fraction of sp³-hybridized carbons (Fsp3) is 0.969. The number of carbonyl (C=O) groups is 1. The van der Waals surface area contributed by atoms with Gasteiger partial charge in [-0.1, -0.05) is 25.7 Å². The lowest BCUT2D eigenvalue weighted by Gasteiger charge is -2.47. The normalized spacial score (nSPS) is 35.3. The number of likely N-dealkylation sites (tertiary alicyclic amines) is 1. The Labute approximate surface area is 269 Å².